The third kappa shape index (κ3) is 2.87. The fraction of sp³-hybridized carbons (Fsp3) is 0.333. The minimum Gasteiger partial charge on any atom is -0.321 e. The monoisotopic (exact) mass is 253 g/mol. The van der Waals surface area contributed by atoms with Crippen molar-refractivity contribution in [3.05, 3.63) is 70.8 Å². The van der Waals surface area contributed by atoms with Gasteiger partial charge in [-0.05, 0) is 48.9 Å². The first-order valence-electron chi connectivity index (χ1n) is 6.96. The molecule has 0 aliphatic rings. The lowest BCUT2D eigenvalue weighted by Gasteiger charge is -2.31. The Bertz CT molecular complexity index is 545. The first kappa shape index (κ1) is 13.8. The van der Waals surface area contributed by atoms with E-state index in [-0.39, 0.29) is 5.54 Å². The number of benzene rings is 2. The predicted octanol–water partition coefficient (Wildman–Crippen LogP) is 4.11. The fourth-order valence-electron chi connectivity index (χ4n) is 2.66. The van der Waals surface area contributed by atoms with E-state index in [1.165, 1.54) is 22.3 Å². The number of nitrogens with two attached hydrogens (primary N) is 1. The van der Waals surface area contributed by atoms with Crippen molar-refractivity contribution in [3.63, 3.8) is 0 Å². The van der Waals surface area contributed by atoms with Crippen LogP contribution in [0.3, 0.4) is 0 Å². The summed E-state index contributed by atoms with van der Waals surface area (Å²) in [5.74, 6) is 0. The molecule has 0 fully saturated rings. The Hall–Kier alpha value is -1.60. The second-order valence-corrected chi connectivity index (χ2v) is 5.42. The first-order chi connectivity index (χ1) is 9.07. The summed E-state index contributed by atoms with van der Waals surface area (Å²) in [6, 6.07) is 16.9. The van der Waals surface area contributed by atoms with Gasteiger partial charge in [-0.3, -0.25) is 0 Å². The Balaban J connectivity index is 2.40. The predicted molar refractivity (Wildman–Crippen MR) is 82.2 cm³/mol. The third-order valence-electron chi connectivity index (χ3n) is 4.13. The molecule has 0 bridgehead atoms. The average Bonchev–Trinajstić information content (AvgIpc) is 2.43. The molecule has 1 atom stereocenters. The molecule has 100 valence electrons. The van der Waals surface area contributed by atoms with Crippen molar-refractivity contribution in [1.29, 1.82) is 0 Å². The van der Waals surface area contributed by atoms with Crippen molar-refractivity contribution in [2.45, 2.75) is 39.2 Å². The van der Waals surface area contributed by atoms with Gasteiger partial charge in [0.15, 0.2) is 0 Å². The number of hydrogen-bond acceptors (Lipinski definition) is 1. The molecule has 0 saturated heterocycles. The lowest BCUT2D eigenvalue weighted by Crippen LogP contribution is -2.39. The molecular weight excluding hydrogens is 230 g/mol. The van der Waals surface area contributed by atoms with Gasteiger partial charge in [-0.25, -0.2) is 0 Å². The maximum Gasteiger partial charge on any atom is 0.0450 e. The van der Waals surface area contributed by atoms with Crippen LogP contribution in [-0.2, 0) is 12.0 Å². The van der Waals surface area contributed by atoms with Crippen LogP contribution in [-0.4, -0.2) is 0 Å². The smallest absolute Gasteiger partial charge is 0.0450 e. The highest BCUT2D eigenvalue weighted by molar-refractivity contribution is 5.39. The van der Waals surface area contributed by atoms with E-state index in [0.717, 1.165) is 12.8 Å². The molecular formula is C18H23N. The SMILES string of the molecule is CCC(N)(Cc1ccccc1)c1cccc(C)c1C. The Morgan fingerprint density at radius 2 is 1.63 bits per heavy atom. The second-order valence-electron chi connectivity index (χ2n) is 5.42. The van der Waals surface area contributed by atoms with Crippen LogP contribution in [0.4, 0.5) is 0 Å². The number of hydrogen-bond donors (Lipinski definition) is 1. The van der Waals surface area contributed by atoms with Crippen LogP contribution in [0, 0.1) is 13.8 Å². The van der Waals surface area contributed by atoms with Crippen molar-refractivity contribution in [2.75, 3.05) is 0 Å². The molecule has 2 rings (SSSR count). The van der Waals surface area contributed by atoms with E-state index in [4.69, 9.17) is 5.73 Å². The molecule has 19 heavy (non-hydrogen) atoms. The highest BCUT2D eigenvalue weighted by Crippen LogP contribution is 2.30. The van der Waals surface area contributed by atoms with E-state index in [1.807, 2.05) is 6.07 Å². The van der Waals surface area contributed by atoms with Crippen LogP contribution in [0.25, 0.3) is 0 Å². The Morgan fingerprint density at radius 1 is 0.947 bits per heavy atom. The lowest BCUT2D eigenvalue weighted by atomic mass is 9.79. The first-order valence-corrected chi connectivity index (χ1v) is 6.96. The molecule has 2 aromatic carbocycles. The van der Waals surface area contributed by atoms with Crippen molar-refractivity contribution in [1.82, 2.24) is 0 Å². The van der Waals surface area contributed by atoms with Gasteiger partial charge in [-0.1, -0.05) is 55.5 Å². The minimum absolute atomic E-state index is 0.280. The van der Waals surface area contributed by atoms with Gasteiger partial charge in [-0.2, -0.15) is 0 Å². The zero-order chi connectivity index (χ0) is 13.9. The maximum atomic E-state index is 6.72. The van der Waals surface area contributed by atoms with E-state index in [0.29, 0.717) is 0 Å². The van der Waals surface area contributed by atoms with Gasteiger partial charge in [0.2, 0.25) is 0 Å². The van der Waals surface area contributed by atoms with Gasteiger partial charge >= 0.3 is 0 Å². The Kier molecular flexibility index (Phi) is 4.06. The van der Waals surface area contributed by atoms with Crippen molar-refractivity contribution >= 4 is 0 Å². The molecule has 0 aliphatic heterocycles. The normalized spacial score (nSPS) is 14.1. The van der Waals surface area contributed by atoms with Crippen molar-refractivity contribution in [3.8, 4) is 0 Å². The van der Waals surface area contributed by atoms with E-state index in [2.05, 4.69) is 63.2 Å². The average molecular weight is 253 g/mol. The van der Waals surface area contributed by atoms with Crippen LogP contribution >= 0.6 is 0 Å². The van der Waals surface area contributed by atoms with Gasteiger partial charge in [0.25, 0.3) is 0 Å². The van der Waals surface area contributed by atoms with Crippen LogP contribution in [0.5, 0.6) is 0 Å². The van der Waals surface area contributed by atoms with E-state index >= 15 is 0 Å². The summed E-state index contributed by atoms with van der Waals surface area (Å²) >= 11 is 0. The number of rotatable bonds is 4. The molecule has 1 unspecified atom stereocenters. The van der Waals surface area contributed by atoms with Gasteiger partial charge in [-0.15, -0.1) is 0 Å². The van der Waals surface area contributed by atoms with Gasteiger partial charge < -0.3 is 5.73 Å². The fourth-order valence-corrected chi connectivity index (χ4v) is 2.66. The Morgan fingerprint density at radius 3 is 2.26 bits per heavy atom. The largest absolute Gasteiger partial charge is 0.321 e. The maximum absolute atomic E-state index is 6.72. The van der Waals surface area contributed by atoms with Crippen LogP contribution in [0.1, 0.15) is 35.6 Å². The highest BCUT2D eigenvalue weighted by Gasteiger charge is 2.27. The zero-order valence-electron chi connectivity index (χ0n) is 12.1. The summed E-state index contributed by atoms with van der Waals surface area (Å²) in [6.07, 6.45) is 1.82. The summed E-state index contributed by atoms with van der Waals surface area (Å²) < 4.78 is 0. The molecule has 0 aliphatic carbocycles. The van der Waals surface area contributed by atoms with Crippen LogP contribution in [0.2, 0.25) is 0 Å². The molecule has 2 aromatic rings. The van der Waals surface area contributed by atoms with Gasteiger partial charge in [0.05, 0.1) is 0 Å². The minimum atomic E-state index is -0.280. The molecule has 0 radical (unpaired) electrons. The van der Waals surface area contributed by atoms with E-state index < -0.39 is 0 Å². The summed E-state index contributed by atoms with van der Waals surface area (Å²) in [4.78, 5) is 0. The molecule has 2 N–H and O–H groups in total. The standard InChI is InChI=1S/C18H23N/c1-4-18(19,13-16-10-6-5-7-11-16)17-12-8-9-14(2)15(17)3/h5-12H,4,13,19H2,1-3H3. The molecule has 0 amide bonds. The topological polar surface area (TPSA) is 26.0 Å². The molecule has 0 heterocycles. The van der Waals surface area contributed by atoms with Gasteiger partial charge in [0, 0.05) is 5.54 Å². The lowest BCUT2D eigenvalue weighted by molar-refractivity contribution is 0.422. The zero-order valence-corrected chi connectivity index (χ0v) is 12.1. The molecule has 0 aromatic heterocycles. The second kappa shape index (κ2) is 5.58. The number of aryl methyl sites for hydroxylation is 1. The third-order valence-corrected chi connectivity index (χ3v) is 4.13. The van der Waals surface area contributed by atoms with E-state index in [9.17, 15) is 0 Å². The molecule has 1 nitrogen and oxygen atoms in total. The van der Waals surface area contributed by atoms with Crippen molar-refractivity contribution in [2.24, 2.45) is 5.73 Å². The summed E-state index contributed by atoms with van der Waals surface area (Å²) in [6.45, 7) is 6.50. The van der Waals surface area contributed by atoms with Crippen LogP contribution in [0.15, 0.2) is 48.5 Å². The van der Waals surface area contributed by atoms with Gasteiger partial charge in [0.1, 0.15) is 0 Å². The quantitative estimate of drug-likeness (QED) is 0.872. The highest BCUT2D eigenvalue weighted by atomic mass is 14.7. The molecule has 0 spiro atoms. The van der Waals surface area contributed by atoms with Crippen molar-refractivity contribution < 1.29 is 0 Å². The molecule has 1 heteroatoms. The molecule has 0 saturated carbocycles. The summed E-state index contributed by atoms with van der Waals surface area (Å²) in [5, 5.41) is 0. The summed E-state index contributed by atoms with van der Waals surface area (Å²) in [5.41, 5.74) is 11.7. The van der Waals surface area contributed by atoms with E-state index in [1.54, 1.807) is 0 Å². The Labute approximate surface area is 116 Å². The van der Waals surface area contributed by atoms with Crippen LogP contribution < -0.4 is 5.73 Å². The summed E-state index contributed by atoms with van der Waals surface area (Å²) in [7, 11) is 0.